The Hall–Kier alpha value is -2.97. The molecule has 1 saturated heterocycles. The molecule has 27 heavy (non-hydrogen) atoms. The maximum Gasteiger partial charge on any atom is 0.326 e. The number of hydrogen-bond donors (Lipinski definition) is 1. The number of nitrogens with one attached hydrogen (secondary N) is 1. The number of carbonyl (C=O) groups excluding carboxylic acids is 4. The fraction of sp³-hybridized carbons (Fsp3) is 0.500. The molecule has 2 atom stereocenters. The number of aryl methyl sites for hydroxylation is 2. The van der Waals surface area contributed by atoms with Crippen molar-refractivity contribution in [2.45, 2.75) is 26.7 Å². The number of aromatic nitrogens is 2. The summed E-state index contributed by atoms with van der Waals surface area (Å²) < 4.78 is 6.57. The van der Waals surface area contributed by atoms with Crippen LogP contribution in [0.15, 0.2) is 12.2 Å². The van der Waals surface area contributed by atoms with E-state index in [2.05, 4.69) is 10.4 Å². The second kappa shape index (κ2) is 7.34. The molecule has 1 fully saturated rings. The van der Waals surface area contributed by atoms with Gasteiger partial charge in [0.1, 0.15) is 6.54 Å². The van der Waals surface area contributed by atoms with Gasteiger partial charge in [-0.2, -0.15) is 5.10 Å². The molecule has 3 amide bonds. The molecule has 1 aromatic heterocycles. The number of carbonyl (C=O) groups is 4. The molecule has 0 radical (unpaired) electrons. The number of imide groups is 1. The molecule has 0 bridgehead atoms. The van der Waals surface area contributed by atoms with Crippen molar-refractivity contribution in [2.75, 3.05) is 18.5 Å². The Balaban J connectivity index is 1.52. The van der Waals surface area contributed by atoms with Crippen LogP contribution in [-0.2, 0) is 31.0 Å². The molecule has 3 rings (SSSR count). The first kappa shape index (κ1) is 18.8. The van der Waals surface area contributed by atoms with E-state index >= 15 is 0 Å². The van der Waals surface area contributed by atoms with Gasteiger partial charge in [-0.3, -0.25) is 28.8 Å². The van der Waals surface area contributed by atoms with E-state index < -0.39 is 36.9 Å². The summed E-state index contributed by atoms with van der Waals surface area (Å²) in [6.07, 6.45) is 4.77. The first-order valence-corrected chi connectivity index (χ1v) is 8.75. The summed E-state index contributed by atoms with van der Waals surface area (Å²) in [6.45, 7) is 2.59. The summed E-state index contributed by atoms with van der Waals surface area (Å²) in [4.78, 5) is 49.6. The zero-order valence-corrected chi connectivity index (χ0v) is 15.5. The fourth-order valence-corrected chi connectivity index (χ4v) is 3.48. The molecule has 9 heteroatoms. The summed E-state index contributed by atoms with van der Waals surface area (Å²) in [6, 6.07) is 0. The van der Waals surface area contributed by atoms with Gasteiger partial charge in [0.25, 0.3) is 5.91 Å². The van der Waals surface area contributed by atoms with E-state index in [1.54, 1.807) is 25.6 Å². The first-order chi connectivity index (χ1) is 12.8. The highest BCUT2D eigenvalue weighted by molar-refractivity contribution is 6.07. The average Bonchev–Trinajstić information content (AvgIpc) is 3.02. The van der Waals surface area contributed by atoms with Gasteiger partial charge in [0.2, 0.25) is 11.8 Å². The van der Waals surface area contributed by atoms with E-state index in [-0.39, 0.29) is 11.8 Å². The van der Waals surface area contributed by atoms with E-state index in [9.17, 15) is 19.2 Å². The molecule has 0 aromatic carbocycles. The number of allylic oxidation sites excluding steroid dienone is 2. The van der Waals surface area contributed by atoms with E-state index in [1.807, 2.05) is 12.2 Å². The third-order valence-corrected chi connectivity index (χ3v) is 5.02. The smallest absolute Gasteiger partial charge is 0.326 e. The summed E-state index contributed by atoms with van der Waals surface area (Å²) in [7, 11) is 1.76. The summed E-state index contributed by atoms with van der Waals surface area (Å²) in [5.41, 5.74) is 2.00. The first-order valence-electron chi connectivity index (χ1n) is 8.75. The Morgan fingerprint density at radius 1 is 1.19 bits per heavy atom. The van der Waals surface area contributed by atoms with Gasteiger partial charge in [0.15, 0.2) is 6.61 Å². The largest absolute Gasteiger partial charge is 0.454 e. The van der Waals surface area contributed by atoms with E-state index in [0.29, 0.717) is 24.2 Å². The number of nitrogens with zero attached hydrogens (tertiary/aromatic N) is 3. The monoisotopic (exact) mass is 374 g/mol. The number of amides is 3. The van der Waals surface area contributed by atoms with Gasteiger partial charge in [-0.05, 0) is 26.7 Å². The lowest BCUT2D eigenvalue weighted by Crippen LogP contribution is -2.37. The second-order valence-electron chi connectivity index (χ2n) is 6.80. The standard InChI is InChI=1S/C18H22N4O5/c1-10-16(11(2)21(3)20-10)19-14(23)9-27-15(24)8-22-17(25)12-6-4-5-7-13(12)18(22)26/h4-5,12-13H,6-9H2,1-3H3,(H,19,23)/t12-,13-/m0/s1. The summed E-state index contributed by atoms with van der Waals surface area (Å²) >= 11 is 0. The number of fused-ring (bicyclic) bond motifs is 1. The van der Waals surface area contributed by atoms with Crippen LogP contribution in [0.2, 0.25) is 0 Å². The van der Waals surface area contributed by atoms with Gasteiger partial charge in [0.05, 0.1) is 28.9 Å². The Kier molecular flexibility index (Phi) is 5.11. The zero-order valence-electron chi connectivity index (χ0n) is 15.5. The van der Waals surface area contributed by atoms with Crippen LogP contribution in [0.1, 0.15) is 24.2 Å². The minimum absolute atomic E-state index is 0.350. The van der Waals surface area contributed by atoms with Crippen LogP contribution in [0.5, 0.6) is 0 Å². The SMILES string of the molecule is Cc1nn(C)c(C)c1NC(=O)COC(=O)CN1C(=O)[C@H]2CC=CC[C@@H]2C1=O. The molecular weight excluding hydrogens is 352 g/mol. The van der Waals surface area contributed by atoms with Crippen molar-refractivity contribution in [2.24, 2.45) is 18.9 Å². The third-order valence-electron chi connectivity index (χ3n) is 5.02. The van der Waals surface area contributed by atoms with Crippen molar-refractivity contribution < 1.29 is 23.9 Å². The summed E-state index contributed by atoms with van der Waals surface area (Å²) in [5.74, 6) is -2.79. The molecule has 0 unspecified atom stereocenters. The van der Waals surface area contributed by atoms with Crippen molar-refractivity contribution in [1.29, 1.82) is 0 Å². The van der Waals surface area contributed by atoms with Crippen molar-refractivity contribution in [3.8, 4) is 0 Å². The molecular formula is C18H22N4O5. The number of rotatable bonds is 5. The maximum absolute atomic E-state index is 12.3. The number of hydrogen-bond acceptors (Lipinski definition) is 6. The molecule has 1 N–H and O–H groups in total. The molecule has 0 saturated carbocycles. The Morgan fingerprint density at radius 3 is 2.30 bits per heavy atom. The molecule has 1 aromatic rings. The van der Waals surface area contributed by atoms with Crippen molar-refractivity contribution in [3.63, 3.8) is 0 Å². The van der Waals surface area contributed by atoms with Crippen molar-refractivity contribution in [3.05, 3.63) is 23.5 Å². The molecule has 1 aliphatic carbocycles. The van der Waals surface area contributed by atoms with E-state index in [1.165, 1.54) is 0 Å². The number of likely N-dealkylation sites (tertiary alicyclic amines) is 1. The fourth-order valence-electron chi connectivity index (χ4n) is 3.48. The minimum Gasteiger partial charge on any atom is -0.454 e. The highest BCUT2D eigenvalue weighted by Gasteiger charge is 2.47. The van der Waals surface area contributed by atoms with Gasteiger partial charge in [-0.15, -0.1) is 0 Å². The highest BCUT2D eigenvalue weighted by Crippen LogP contribution is 2.34. The van der Waals surface area contributed by atoms with Crippen molar-refractivity contribution >= 4 is 29.4 Å². The number of ether oxygens (including phenoxy) is 1. The maximum atomic E-state index is 12.3. The molecule has 0 spiro atoms. The predicted molar refractivity (Wildman–Crippen MR) is 94.3 cm³/mol. The van der Waals surface area contributed by atoms with Crippen LogP contribution in [0, 0.1) is 25.7 Å². The lowest BCUT2D eigenvalue weighted by Gasteiger charge is -2.14. The highest BCUT2D eigenvalue weighted by atomic mass is 16.5. The molecule has 1 aliphatic heterocycles. The number of esters is 1. The van der Waals surface area contributed by atoms with Crippen molar-refractivity contribution in [1.82, 2.24) is 14.7 Å². The second-order valence-corrected chi connectivity index (χ2v) is 6.80. The lowest BCUT2D eigenvalue weighted by molar-refractivity contribution is -0.154. The normalized spacial score (nSPS) is 21.4. The van der Waals surface area contributed by atoms with Gasteiger partial charge in [0, 0.05) is 7.05 Å². The third kappa shape index (κ3) is 3.62. The van der Waals surface area contributed by atoms with Crippen LogP contribution in [0.25, 0.3) is 0 Å². The van der Waals surface area contributed by atoms with Crippen LogP contribution < -0.4 is 5.32 Å². The minimum atomic E-state index is -0.793. The lowest BCUT2D eigenvalue weighted by atomic mass is 9.85. The molecule has 2 heterocycles. The van der Waals surface area contributed by atoms with Gasteiger partial charge >= 0.3 is 5.97 Å². The van der Waals surface area contributed by atoms with Gasteiger partial charge < -0.3 is 10.1 Å². The molecule has 144 valence electrons. The Bertz CT molecular complexity index is 815. The van der Waals surface area contributed by atoms with Crippen LogP contribution >= 0.6 is 0 Å². The van der Waals surface area contributed by atoms with E-state index in [0.717, 1.165) is 10.6 Å². The van der Waals surface area contributed by atoms with Crippen LogP contribution in [0.4, 0.5) is 5.69 Å². The van der Waals surface area contributed by atoms with E-state index in [4.69, 9.17) is 4.74 Å². The van der Waals surface area contributed by atoms with Crippen LogP contribution in [0.3, 0.4) is 0 Å². The topological polar surface area (TPSA) is 111 Å². The van der Waals surface area contributed by atoms with Gasteiger partial charge in [-0.25, -0.2) is 0 Å². The summed E-state index contributed by atoms with van der Waals surface area (Å²) in [5, 5.41) is 6.84. The van der Waals surface area contributed by atoms with Crippen LogP contribution in [-0.4, -0.2) is 51.5 Å². The van der Waals surface area contributed by atoms with Gasteiger partial charge in [-0.1, -0.05) is 12.2 Å². The molecule has 9 nitrogen and oxygen atoms in total. The Labute approximate surface area is 156 Å². The quantitative estimate of drug-likeness (QED) is 0.456. The zero-order chi connectivity index (χ0) is 19.7. The number of anilines is 1. The predicted octanol–water partition coefficient (Wildman–Crippen LogP) is 0.470. The average molecular weight is 374 g/mol. The Morgan fingerprint density at radius 2 is 1.78 bits per heavy atom. The molecule has 2 aliphatic rings.